The first kappa shape index (κ1) is 11.7. The zero-order valence-corrected chi connectivity index (χ0v) is 10.0. The topological polar surface area (TPSA) is 47.9 Å². The van der Waals surface area contributed by atoms with Crippen LogP contribution in [0.1, 0.15) is 30.0 Å². The van der Waals surface area contributed by atoms with E-state index in [1.54, 1.807) is 20.3 Å². The molecule has 0 aliphatic heterocycles. The number of carbonyl (C=O) groups excluding carboxylic acids is 1. The van der Waals surface area contributed by atoms with Gasteiger partial charge in [-0.15, -0.1) is 0 Å². The van der Waals surface area contributed by atoms with E-state index in [1.807, 2.05) is 12.1 Å². The Morgan fingerprint density at radius 1 is 1.35 bits per heavy atom. The van der Waals surface area contributed by atoms with Crippen molar-refractivity contribution in [3.05, 3.63) is 23.3 Å². The molecule has 4 heteroatoms. The van der Waals surface area contributed by atoms with Gasteiger partial charge in [-0.3, -0.25) is 0 Å². The van der Waals surface area contributed by atoms with Crippen LogP contribution in [0.15, 0.2) is 17.1 Å². The van der Waals surface area contributed by atoms with Crippen molar-refractivity contribution >= 4 is 6.08 Å². The maximum Gasteiger partial charge on any atom is 0.235 e. The Morgan fingerprint density at radius 3 is 2.82 bits per heavy atom. The highest BCUT2D eigenvalue weighted by Gasteiger charge is 2.24. The fourth-order valence-corrected chi connectivity index (χ4v) is 2.40. The second kappa shape index (κ2) is 5.02. The van der Waals surface area contributed by atoms with Gasteiger partial charge in [-0.25, -0.2) is 4.79 Å². The van der Waals surface area contributed by atoms with E-state index in [0.717, 1.165) is 41.9 Å². The summed E-state index contributed by atoms with van der Waals surface area (Å²) in [5.74, 6) is 1.48. The van der Waals surface area contributed by atoms with Gasteiger partial charge in [0.2, 0.25) is 6.08 Å². The summed E-state index contributed by atoms with van der Waals surface area (Å²) in [5, 5.41) is 0. The molecule has 1 aromatic rings. The highest BCUT2D eigenvalue weighted by molar-refractivity contribution is 5.53. The van der Waals surface area contributed by atoms with Crippen LogP contribution in [-0.4, -0.2) is 20.3 Å². The molecule has 0 fully saturated rings. The van der Waals surface area contributed by atoms with E-state index in [2.05, 4.69) is 4.99 Å². The highest BCUT2D eigenvalue weighted by Crippen LogP contribution is 2.41. The normalized spacial score (nSPS) is 17.9. The smallest absolute Gasteiger partial charge is 0.235 e. The number of isocyanates is 1. The number of rotatable bonds is 3. The fourth-order valence-electron chi connectivity index (χ4n) is 2.40. The van der Waals surface area contributed by atoms with E-state index in [-0.39, 0.29) is 6.04 Å². The number of hydrogen-bond acceptors (Lipinski definition) is 4. The fraction of sp³-hybridized carbons (Fsp3) is 0.462. The van der Waals surface area contributed by atoms with Crippen LogP contribution in [0.25, 0.3) is 0 Å². The largest absolute Gasteiger partial charge is 0.493 e. The van der Waals surface area contributed by atoms with E-state index in [0.29, 0.717) is 0 Å². The third-order valence-corrected chi connectivity index (χ3v) is 3.16. The summed E-state index contributed by atoms with van der Waals surface area (Å²) in [7, 11) is 3.25. The molecule has 4 nitrogen and oxygen atoms in total. The first-order valence-electron chi connectivity index (χ1n) is 5.62. The molecule has 0 heterocycles. The van der Waals surface area contributed by atoms with E-state index in [9.17, 15) is 4.79 Å². The second-order valence-electron chi connectivity index (χ2n) is 4.00. The van der Waals surface area contributed by atoms with Crippen molar-refractivity contribution < 1.29 is 14.3 Å². The van der Waals surface area contributed by atoms with Crippen molar-refractivity contribution in [3.8, 4) is 11.5 Å². The molecule has 0 spiro atoms. The van der Waals surface area contributed by atoms with Crippen molar-refractivity contribution in [2.75, 3.05) is 14.2 Å². The molecule has 17 heavy (non-hydrogen) atoms. The number of methoxy groups -OCH3 is 2. The van der Waals surface area contributed by atoms with E-state index in [4.69, 9.17) is 9.47 Å². The lowest BCUT2D eigenvalue weighted by Gasteiger charge is -2.24. The Kier molecular flexibility index (Phi) is 3.45. The first-order valence-corrected chi connectivity index (χ1v) is 5.62. The number of benzene rings is 1. The summed E-state index contributed by atoms with van der Waals surface area (Å²) in [6.07, 6.45) is 4.46. The molecule has 0 N–H and O–H groups in total. The molecular weight excluding hydrogens is 218 g/mol. The minimum atomic E-state index is -0.0870. The van der Waals surface area contributed by atoms with Crippen molar-refractivity contribution in [1.82, 2.24) is 0 Å². The Hall–Kier alpha value is -1.80. The van der Waals surface area contributed by atoms with Gasteiger partial charge in [-0.1, -0.05) is 6.07 Å². The molecule has 1 aliphatic carbocycles. The van der Waals surface area contributed by atoms with Crippen molar-refractivity contribution in [2.24, 2.45) is 4.99 Å². The standard InChI is InChI=1S/C13H15NO3/c1-16-12-7-6-9-10(13(12)17-2)4-3-5-11(9)14-8-15/h6-7,11H,3-5H2,1-2H3. The van der Waals surface area contributed by atoms with E-state index < -0.39 is 0 Å². The van der Waals surface area contributed by atoms with Crippen LogP contribution >= 0.6 is 0 Å². The number of aliphatic imine (C=N–C) groups is 1. The predicted molar refractivity (Wildman–Crippen MR) is 63.3 cm³/mol. The van der Waals surface area contributed by atoms with Crippen LogP contribution in [0.3, 0.4) is 0 Å². The Balaban J connectivity index is 2.54. The lowest BCUT2D eigenvalue weighted by atomic mass is 9.87. The molecule has 0 aromatic heterocycles. The van der Waals surface area contributed by atoms with E-state index in [1.165, 1.54) is 0 Å². The quantitative estimate of drug-likeness (QED) is 0.595. The van der Waals surface area contributed by atoms with Gasteiger partial charge in [0.05, 0.1) is 20.3 Å². The summed E-state index contributed by atoms with van der Waals surface area (Å²) in [5.41, 5.74) is 2.15. The third-order valence-electron chi connectivity index (χ3n) is 3.16. The van der Waals surface area contributed by atoms with Crippen LogP contribution in [0.5, 0.6) is 11.5 Å². The average Bonchev–Trinajstić information content (AvgIpc) is 2.38. The highest BCUT2D eigenvalue weighted by atomic mass is 16.5. The van der Waals surface area contributed by atoms with Crippen LogP contribution < -0.4 is 9.47 Å². The summed E-state index contributed by atoms with van der Waals surface area (Å²) in [6, 6.07) is 3.73. The monoisotopic (exact) mass is 233 g/mol. The lowest BCUT2D eigenvalue weighted by Crippen LogP contribution is -2.10. The Labute approximate surface area is 100 Å². The number of ether oxygens (including phenoxy) is 2. The zero-order valence-electron chi connectivity index (χ0n) is 10.0. The molecule has 0 radical (unpaired) electrons. The summed E-state index contributed by atoms with van der Waals surface area (Å²) < 4.78 is 10.7. The Morgan fingerprint density at radius 2 is 2.18 bits per heavy atom. The molecule has 1 aromatic carbocycles. The van der Waals surface area contributed by atoms with E-state index >= 15 is 0 Å². The van der Waals surface area contributed by atoms with Gasteiger partial charge in [0.1, 0.15) is 0 Å². The van der Waals surface area contributed by atoms with Gasteiger partial charge in [0, 0.05) is 5.56 Å². The molecule has 0 saturated heterocycles. The van der Waals surface area contributed by atoms with Crippen molar-refractivity contribution in [2.45, 2.75) is 25.3 Å². The van der Waals surface area contributed by atoms with Gasteiger partial charge in [-0.2, -0.15) is 4.99 Å². The molecule has 1 atom stereocenters. The lowest BCUT2D eigenvalue weighted by molar-refractivity contribution is 0.348. The SMILES string of the molecule is COc1ccc2c(c1OC)CCCC2N=C=O. The first-order chi connectivity index (χ1) is 8.31. The average molecular weight is 233 g/mol. The van der Waals surface area contributed by atoms with Crippen LogP contribution in [0.2, 0.25) is 0 Å². The Bertz CT molecular complexity index is 464. The molecular formula is C13H15NO3. The summed E-state index contributed by atoms with van der Waals surface area (Å²) in [4.78, 5) is 14.3. The third kappa shape index (κ3) is 2.04. The maximum absolute atomic E-state index is 10.4. The second-order valence-corrected chi connectivity index (χ2v) is 4.00. The minimum Gasteiger partial charge on any atom is -0.493 e. The zero-order chi connectivity index (χ0) is 12.3. The number of nitrogens with zero attached hydrogens (tertiary/aromatic N) is 1. The van der Waals surface area contributed by atoms with Gasteiger partial charge < -0.3 is 9.47 Å². The van der Waals surface area contributed by atoms with Crippen molar-refractivity contribution in [3.63, 3.8) is 0 Å². The van der Waals surface area contributed by atoms with Gasteiger partial charge in [0.25, 0.3) is 0 Å². The molecule has 0 saturated carbocycles. The van der Waals surface area contributed by atoms with Crippen LogP contribution in [0.4, 0.5) is 0 Å². The van der Waals surface area contributed by atoms with Gasteiger partial charge in [0.15, 0.2) is 11.5 Å². The van der Waals surface area contributed by atoms with Gasteiger partial charge >= 0.3 is 0 Å². The molecule has 2 rings (SSSR count). The molecule has 90 valence electrons. The maximum atomic E-state index is 10.4. The molecule has 1 unspecified atom stereocenters. The minimum absolute atomic E-state index is 0.0870. The molecule has 0 bridgehead atoms. The summed E-state index contributed by atoms with van der Waals surface area (Å²) in [6.45, 7) is 0. The number of fused-ring (bicyclic) bond motifs is 1. The summed E-state index contributed by atoms with van der Waals surface area (Å²) >= 11 is 0. The van der Waals surface area contributed by atoms with Gasteiger partial charge in [-0.05, 0) is 30.9 Å². The van der Waals surface area contributed by atoms with Crippen LogP contribution in [0, 0.1) is 0 Å². The van der Waals surface area contributed by atoms with Crippen LogP contribution in [-0.2, 0) is 11.2 Å². The predicted octanol–water partition coefficient (Wildman–Crippen LogP) is 2.42. The molecule has 0 amide bonds. The molecule has 1 aliphatic rings. The number of hydrogen-bond donors (Lipinski definition) is 0. The van der Waals surface area contributed by atoms with Crippen molar-refractivity contribution in [1.29, 1.82) is 0 Å².